The summed E-state index contributed by atoms with van der Waals surface area (Å²) in [5, 5.41) is 0. The summed E-state index contributed by atoms with van der Waals surface area (Å²) in [5.41, 5.74) is 0. The summed E-state index contributed by atoms with van der Waals surface area (Å²) in [4.78, 5) is 4.47. The van der Waals surface area contributed by atoms with Crippen LogP contribution in [0.25, 0.3) is 0 Å². The molecule has 0 saturated carbocycles. The molecule has 1 rings (SSSR count). The molecule has 1 aliphatic heterocycles. The van der Waals surface area contributed by atoms with Gasteiger partial charge >= 0.3 is 0 Å². The van der Waals surface area contributed by atoms with Crippen molar-refractivity contribution in [3.8, 4) is 0 Å². The average molecular weight is 221 g/mol. The molecule has 0 aromatic heterocycles. The molecule has 0 bridgehead atoms. The fourth-order valence-corrected chi connectivity index (χ4v) is 2.15. The van der Waals surface area contributed by atoms with Crippen LogP contribution in [0.2, 0.25) is 0 Å². The maximum absolute atomic E-state index is 10.3. The normalized spacial score (nSPS) is 20.4. The Kier molecular flexibility index (Phi) is 4.31. The second kappa shape index (κ2) is 5.06. The number of unbranched alkanes of at least 4 members (excludes halogenated alkanes) is 1. The van der Waals surface area contributed by atoms with Gasteiger partial charge in [-0.3, -0.25) is 9.80 Å². The zero-order valence-corrected chi connectivity index (χ0v) is 9.29. The van der Waals surface area contributed by atoms with E-state index in [0.29, 0.717) is 6.42 Å². The molecule has 0 amide bonds. The van der Waals surface area contributed by atoms with E-state index in [9.17, 15) is 13.0 Å². The number of nitrogens with zero attached hydrogens (tertiary/aromatic N) is 2. The molecule has 1 fully saturated rings. The fourth-order valence-electron chi connectivity index (χ4n) is 1.59. The van der Waals surface area contributed by atoms with Gasteiger partial charge in [0.05, 0.1) is 16.8 Å². The fraction of sp³-hybridized carbons (Fsp3) is 1.00. The van der Waals surface area contributed by atoms with Crippen LogP contribution in [-0.4, -0.2) is 61.9 Å². The first-order chi connectivity index (χ1) is 6.47. The van der Waals surface area contributed by atoms with Crippen LogP contribution in [0, 0.1) is 0 Å². The standard InChI is InChI=1S/C8H18N2O3S/c1-9-5-6-10(8-9)4-2-3-7-14(11,12)13/h2-8H2,1H3,(H,11,12,13)/p-1. The lowest BCUT2D eigenvalue weighted by molar-refractivity contribution is 0.271. The smallest absolute Gasteiger partial charge is 0.0945 e. The minimum Gasteiger partial charge on any atom is -0.748 e. The first kappa shape index (κ1) is 11.9. The molecular formula is C8H17N2O3S-. The molecule has 14 heavy (non-hydrogen) atoms. The Balaban J connectivity index is 2.05. The SMILES string of the molecule is CN1CCN(CCCCS(=O)(=O)[O-])C1. The zero-order chi connectivity index (χ0) is 10.6. The lowest BCUT2D eigenvalue weighted by atomic mass is 10.3. The van der Waals surface area contributed by atoms with Crippen molar-refractivity contribution in [3.63, 3.8) is 0 Å². The largest absolute Gasteiger partial charge is 0.748 e. The van der Waals surface area contributed by atoms with Crippen molar-refractivity contribution in [2.75, 3.05) is 39.1 Å². The van der Waals surface area contributed by atoms with Gasteiger partial charge in [-0.05, 0) is 26.4 Å². The van der Waals surface area contributed by atoms with E-state index in [4.69, 9.17) is 0 Å². The lowest BCUT2D eigenvalue weighted by Gasteiger charge is -2.15. The maximum atomic E-state index is 10.3. The van der Waals surface area contributed by atoms with E-state index in [1.165, 1.54) is 0 Å². The summed E-state index contributed by atoms with van der Waals surface area (Å²) >= 11 is 0. The molecule has 0 spiro atoms. The second-order valence-electron chi connectivity index (χ2n) is 3.81. The van der Waals surface area contributed by atoms with Crippen LogP contribution in [0.3, 0.4) is 0 Å². The van der Waals surface area contributed by atoms with Gasteiger partial charge in [0.25, 0.3) is 0 Å². The Labute approximate surface area is 85.4 Å². The Morgan fingerprint density at radius 2 is 2.00 bits per heavy atom. The van der Waals surface area contributed by atoms with Crippen LogP contribution in [0.4, 0.5) is 0 Å². The van der Waals surface area contributed by atoms with E-state index >= 15 is 0 Å². The quantitative estimate of drug-likeness (QED) is 0.463. The second-order valence-corrected chi connectivity index (χ2v) is 5.33. The maximum Gasteiger partial charge on any atom is 0.0945 e. The highest BCUT2D eigenvalue weighted by Gasteiger charge is 2.14. The van der Waals surface area contributed by atoms with E-state index in [1.807, 2.05) is 0 Å². The zero-order valence-electron chi connectivity index (χ0n) is 8.48. The van der Waals surface area contributed by atoms with Gasteiger partial charge in [-0.15, -0.1) is 0 Å². The molecule has 0 aliphatic carbocycles. The van der Waals surface area contributed by atoms with Gasteiger partial charge in [0, 0.05) is 18.8 Å². The van der Waals surface area contributed by atoms with Crippen LogP contribution in [0.5, 0.6) is 0 Å². The molecule has 84 valence electrons. The first-order valence-electron chi connectivity index (χ1n) is 4.82. The summed E-state index contributed by atoms with van der Waals surface area (Å²) in [6.45, 7) is 3.95. The van der Waals surface area contributed by atoms with Crippen LogP contribution >= 0.6 is 0 Å². The molecular weight excluding hydrogens is 204 g/mol. The highest BCUT2D eigenvalue weighted by molar-refractivity contribution is 7.85. The average Bonchev–Trinajstić information content (AvgIpc) is 2.44. The van der Waals surface area contributed by atoms with Gasteiger partial charge in [0.15, 0.2) is 0 Å². The molecule has 0 atom stereocenters. The summed E-state index contributed by atoms with van der Waals surface area (Å²) in [7, 11) is -1.95. The molecule has 0 radical (unpaired) electrons. The third-order valence-corrected chi connectivity index (χ3v) is 3.15. The minimum atomic E-state index is -4.01. The first-order valence-corrected chi connectivity index (χ1v) is 6.39. The van der Waals surface area contributed by atoms with Gasteiger partial charge in [0.1, 0.15) is 0 Å². The Morgan fingerprint density at radius 3 is 2.50 bits per heavy atom. The molecule has 0 N–H and O–H groups in total. The van der Waals surface area contributed by atoms with Crippen molar-refractivity contribution in [1.82, 2.24) is 9.80 Å². The predicted octanol–water partition coefficient (Wildman–Crippen LogP) is -0.483. The monoisotopic (exact) mass is 221 g/mol. The van der Waals surface area contributed by atoms with Crippen molar-refractivity contribution in [2.45, 2.75) is 12.8 Å². The summed E-state index contributed by atoms with van der Waals surface area (Å²) < 4.78 is 30.9. The Morgan fingerprint density at radius 1 is 1.29 bits per heavy atom. The summed E-state index contributed by atoms with van der Waals surface area (Å²) in [6.07, 6.45) is 1.27. The predicted molar refractivity (Wildman–Crippen MR) is 52.9 cm³/mol. The molecule has 1 heterocycles. The van der Waals surface area contributed by atoms with E-state index in [-0.39, 0.29) is 5.75 Å². The van der Waals surface area contributed by atoms with E-state index in [2.05, 4.69) is 16.8 Å². The third-order valence-electron chi connectivity index (χ3n) is 2.36. The molecule has 6 heteroatoms. The van der Waals surface area contributed by atoms with E-state index < -0.39 is 10.1 Å². The number of hydrogen-bond acceptors (Lipinski definition) is 5. The molecule has 0 aromatic carbocycles. The molecule has 5 nitrogen and oxygen atoms in total. The molecule has 0 unspecified atom stereocenters. The van der Waals surface area contributed by atoms with E-state index in [1.54, 1.807) is 0 Å². The van der Waals surface area contributed by atoms with Gasteiger partial charge in [-0.2, -0.15) is 0 Å². The van der Waals surface area contributed by atoms with Crippen LogP contribution < -0.4 is 0 Å². The molecule has 1 saturated heterocycles. The van der Waals surface area contributed by atoms with Crippen molar-refractivity contribution in [3.05, 3.63) is 0 Å². The van der Waals surface area contributed by atoms with Crippen molar-refractivity contribution < 1.29 is 13.0 Å². The highest BCUT2D eigenvalue weighted by Crippen LogP contribution is 2.04. The van der Waals surface area contributed by atoms with Crippen LogP contribution in [0.1, 0.15) is 12.8 Å². The van der Waals surface area contributed by atoms with Crippen molar-refractivity contribution >= 4 is 10.1 Å². The topological polar surface area (TPSA) is 63.7 Å². The van der Waals surface area contributed by atoms with Gasteiger partial charge < -0.3 is 4.55 Å². The number of rotatable bonds is 5. The lowest BCUT2D eigenvalue weighted by Crippen LogP contribution is -2.24. The van der Waals surface area contributed by atoms with Crippen molar-refractivity contribution in [1.29, 1.82) is 0 Å². The van der Waals surface area contributed by atoms with E-state index in [0.717, 1.165) is 32.7 Å². The Bertz CT molecular complexity index is 266. The minimum absolute atomic E-state index is 0.226. The van der Waals surface area contributed by atoms with Gasteiger partial charge in [-0.25, -0.2) is 8.42 Å². The Hall–Kier alpha value is -0.170. The molecule has 0 aromatic rings. The summed E-state index contributed by atoms with van der Waals surface area (Å²) in [5.74, 6) is -0.226. The number of likely N-dealkylation sites (N-methyl/N-ethyl adjacent to an activating group) is 1. The third kappa shape index (κ3) is 4.90. The van der Waals surface area contributed by atoms with Gasteiger partial charge in [-0.1, -0.05) is 0 Å². The van der Waals surface area contributed by atoms with Crippen molar-refractivity contribution in [2.24, 2.45) is 0 Å². The van der Waals surface area contributed by atoms with Crippen LogP contribution in [-0.2, 0) is 10.1 Å². The highest BCUT2D eigenvalue weighted by atomic mass is 32.2. The van der Waals surface area contributed by atoms with Gasteiger partial charge in [0.2, 0.25) is 0 Å². The number of hydrogen-bond donors (Lipinski definition) is 0. The van der Waals surface area contributed by atoms with Crippen LogP contribution in [0.15, 0.2) is 0 Å². The summed E-state index contributed by atoms with van der Waals surface area (Å²) in [6, 6.07) is 0. The molecule has 1 aliphatic rings.